The van der Waals surface area contributed by atoms with Crippen molar-refractivity contribution in [2.75, 3.05) is 5.32 Å². The van der Waals surface area contributed by atoms with Crippen LogP contribution in [0.1, 0.15) is 30.5 Å². The van der Waals surface area contributed by atoms with Gasteiger partial charge >= 0.3 is 0 Å². The van der Waals surface area contributed by atoms with Crippen LogP contribution in [0, 0.1) is 19.3 Å². The minimum atomic E-state index is -1.21. The number of carbonyl (C=O) groups excluding carboxylic acids is 2. The second kappa shape index (κ2) is 7.70. The van der Waals surface area contributed by atoms with Crippen LogP contribution in [0.25, 0.3) is 0 Å². The van der Waals surface area contributed by atoms with Gasteiger partial charge in [-0.05, 0) is 51.0 Å². The fourth-order valence-corrected chi connectivity index (χ4v) is 2.47. The molecule has 0 heterocycles. The molecule has 0 atom stereocenters. The molecule has 4 nitrogen and oxygen atoms in total. The lowest BCUT2D eigenvalue weighted by atomic mass is 9.90. The van der Waals surface area contributed by atoms with Crippen LogP contribution in [0.2, 0.25) is 5.02 Å². The molecule has 0 bridgehead atoms. The van der Waals surface area contributed by atoms with Gasteiger partial charge in [0.05, 0.1) is 0 Å². The Labute approximate surface area is 153 Å². The number of carbonyl (C=O) groups is 2. The van der Waals surface area contributed by atoms with Gasteiger partial charge in [-0.2, -0.15) is 0 Å². The van der Waals surface area contributed by atoms with E-state index in [2.05, 4.69) is 10.6 Å². The van der Waals surface area contributed by atoms with E-state index >= 15 is 0 Å². The highest BCUT2D eigenvalue weighted by atomic mass is 35.5. The van der Waals surface area contributed by atoms with Crippen molar-refractivity contribution in [1.29, 1.82) is 0 Å². The maximum absolute atomic E-state index is 12.5. The third-order valence-electron chi connectivity index (χ3n) is 4.10. The third kappa shape index (κ3) is 4.83. The van der Waals surface area contributed by atoms with Gasteiger partial charge in [-0.3, -0.25) is 9.59 Å². The number of hydrogen-bond acceptors (Lipinski definition) is 2. The summed E-state index contributed by atoms with van der Waals surface area (Å²) in [7, 11) is 0. The van der Waals surface area contributed by atoms with E-state index in [1.54, 1.807) is 26.0 Å². The van der Waals surface area contributed by atoms with Gasteiger partial charge < -0.3 is 10.6 Å². The molecule has 0 spiro atoms. The Morgan fingerprint density at radius 1 is 1.04 bits per heavy atom. The summed E-state index contributed by atoms with van der Waals surface area (Å²) >= 11 is 6.07. The number of aryl methyl sites for hydroxylation is 2. The predicted octanol–water partition coefficient (Wildman–Crippen LogP) is 4.24. The molecule has 0 radical (unpaired) electrons. The number of amides is 2. The first-order valence-electron chi connectivity index (χ1n) is 8.11. The van der Waals surface area contributed by atoms with E-state index in [1.807, 2.05) is 44.2 Å². The van der Waals surface area contributed by atoms with Crippen LogP contribution >= 0.6 is 11.6 Å². The largest absolute Gasteiger partial charge is 0.351 e. The number of halogens is 1. The van der Waals surface area contributed by atoms with Crippen molar-refractivity contribution in [2.24, 2.45) is 5.41 Å². The smallest absolute Gasteiger partial charge is 0.239 e. The molecule has 0 saturated heterocycles. The second-order valence-corrected chi connectivity index (χ2v) is 7.12. The van der Waals surface area contributed by atoms with Gasteiger partial charge in [0.1, 0.15) is 5.41 Å². The molecule has 0 aliphatic rings. The first-order valence-corrected chi connectivity index (χ1v) is 8.49. The molecular weight excluding hydrogens is 336 g/mol. The van der Waals surface area contributed by atoms with Crippen molar-refractivity contribution in [1.82, 2.24) is 5.32 Å². The van der Waals surface area contributed by atoms with Crippen molar-refractivity contribution in [2.45, 2.75) is 34.2 Å². The molecule has 25 heavy (non-hydrogen) atoms. The number of anilines is 1. The molecule has 0 saturated carbocycles. The average Bonchev–Trinajstić information content (AvgIpc) is 2.56. The Morgan fingerprint density at radius 3 is 2.40 bits per heavy atom. The Bertz CT molecular complexity index is 800. The highest BCUT2D eigenvalue weighted by molar-refractivity contribution is 6.31. The molecule has 0 unspecified atom stereocenters. The summed E-state index contributed by atoms with van der Waals surface area (Å²) < 4.78 is 0. The first kappa shape index (κ1) is 19.0. The second-order valence-electron chi connectivity index (χ2n) is 6.71. The van der Waals surface area contributed by atoms with Crippen LogP contribution in [0.5, 0.6) is 0 Å². The van der Waals surface area contributed by atoms with E-state index < -0.39 is 5.41 Å². The zero-order valence-electron chi connectivity index (χ0n) is 14.9. The predicted molar refractivity (Wildman–Crippen MR) is 102 cm³/mol. The minimum Gasteiger partial charge on any atom is -0.351 e. The van der Waals surface area contributed by atoms with Crippen molar-refractivity contribution < 1.29 is 9.59 Å². The third-order valence-corrected chi connectivity index (χ3v) is 4.51. The summed E-state index contributed by atoms with van der Waals surface area (Å²) in [4.78, 5) is 25.0. The SMILES string of the molecule is Cc1cccc(CNC(=O)C(C)(C)C(=O)Nc2ccc(C)c(Cl)c2)c1. The lowest BCUT2D eigenvalue weighted by Crippen LogP contribution is -2.44. The number of benzene rings is 2. The van der Waals surface area contributed by atoms with Crippen LogP contribution in [0.4, 0.5) is 5.69 Å². The number of rotatable bonds is 5. The van der Waals surface area contributed by atoms with Gasteiger partial charge in [0.2, 0.25) is 11.8 Å². The van der Waals surface area contributed by atoms with Crippen LogP contribution in [0.15, 0.2) is 42.5 Å². The summed E-state index contributed by atoms with van der Waals surface area (Å²) in [5, 5.41) is 6.15. The van der Waals surface area contributed by atoms with E-state index in [0.717, 1.165) is 16.7 Å². The molecule has 2 rings (SSSR count). The standard InChI is InChI=1S/C20H23ClN2O2/c1-13-6-5-7-15(10-13)12-22-18(24)20(3,4)19(25)23-16-9-8-14(2)17(21)11-16/h5-11H,12H2,1-4H3,(H,22,24)(H,23,25). The fraction of sp³-hybridized carbons (Fsp3) is 0.300. The summed E-state index contributed by atoms with van der Waals surface area (Å²) in [5.41, 5.74) is 2.41. The zero-order chi connectivity index (χ0) is 18.6. The Hall–Kier alpha value is -2.33. The van der Waals surface area contributed by atoms with E-state index in [1.165, 1.54) is 0 Å². The highest BCUT2D eigenvalue weighted by Gasteiger charge is 2.36. The Kier molecular flexibility index (Phi) is 5.85. The van der Waals surface area contributed by atoms with Gasteiger partial charge in [0, 0.05) is 17.3 Å². The van der Waals surface area contributed by atoms with Crippen LogP contribution in [0.3, 0.4) is 0 Å². The van der Waals surface area contributed by atoms with Gasteiger partial charge in [-0.25, -0.2) is 0 Å². The van der Waals surface area contributed by atoms with Crippen molar-refractivity contribution in [3.63, 3.8) is 0 Å². The molecule has 132 valence electrons. The number of nitrogens with one attached hydrogen (secondary N) is 2. The molecule has 2 aromatic rings. The normalized spacial score (nSPS) is 11.1. The topological polar surface area (TPSA) is 58.2 Å². The lowest BCUT2D eigenvalue weighted by molar-refractivity contribution is -0.138. The zero-order valence-corrected chi connectivity index (χ0v) is 15.7. The minimum absolute atomic E-state index is 0.329. The summed E-state index contributed by atoms with van der Waals surface area (Å²) in [6, 6.07) is 13.1. The first-order chi connectivity index (χ1) is 11.7. The Morgan fingerprint density at radius 2 is 1.76 bits per heavy atom. The summed E-state index contributed by atoms with van der Waals surface area (Å²) in [6.45, 7) is 7.47. The fourth-order valence-electron chi connectivity index (χ4n) is 2.29. The average molecular weight is 359 g/mol. The molecule has 0 aliphatic carbocycles. The molecule has 2 N–H and O–H groups in total. The van der Waals surface area contributed by atoms with Crippen molar-refractivity contribution in [3.8, 4) is 0 Å². The quantitative estimate of drug-likeness (QED) is 0.785. The van der Waals surface area contributed by atoms with Gasteiger partial charge in [0.25, 0.3) is 0 Å². The van der Waals surface area contributed by atoms with Gasteiger partial charge in [0.15, 0.2) is 0 Å². The number of hydrogen-bond donors (Lipinski definition) is 2. The Balaban J connectivity index is 2.01. The van der Waals surface area contributed by atoms with E-state index in [-0.39, 0.29) is 11.8 Å². The van der Waals surface area contributed by atoms with Gasteiger partial charge in [-0.1, -0.05) is 47.5 Å². The van der Waals surface area contributed by atoms with Crippen molar-refractivity contribution >= 4 is 29.1 Å². The maximum atomic E-state index is 12.5. The summed E-state index contributed by atoms with van der Waals surface area (Å²) in [5.74, 6) is -0.709. The molecule has 0 fully saturated rings. The highest BCUT2D eigenvalue weighted by Crippen LogP contribution is 2.23. The van der Waals surface area contributed by atoms with Crippen LogP contribution < -0.4 is 10.6 Å². The monoisotopic (exact) mass is 358 g/mol. The maximum Gasteiger partial charge on any atom is 0.239 e. The van der Waals surface area contributed by atoms with Crippen molar-refractivity contribution in [3.05, 3.63) is 64.2 Å². The van der Waals surface area contributed by atoms with Crippen LogP contribution in [-0.2, 0) is 16.1 Å². The van der Waals surface area contributed by atoms with E-state index in [4.69, 9.17) is 11.6 Å². The molecule has 2 aromatic carbocycles. The van der Waals surface area contributed by atoms with Crippen LogP contribution in [-0.4, -0.2) is 11.8 Å². The van der Waals surface area contributed by atoms with E-state index in [9.17, 15) is 9.59 Å². The molecule has 5 heteroatoms. The lowest BCUT2D eigenvalue weighted by Gasteiger charge is -2.23. The van der Waals surface area contributed by atoms with E-state index in [0.29, 0.717) is 17.3 Å². The van der Waals surface area contributed by atoms with Gasteiger partial charge in [-0.15, -0.1) is 0 Å². The molecule has 0 aliphatic heterocycles. The summed E-state index contributed by atoms with van der Waals surface area (Å²) in [6.07, 6.45) is 0. The molecule has 2 amide bonds. The molecular formula is C20H23ClN2O2. The molecule has 0 aromatic heterocycles.